The minimum Gasteiger partial charge on any atom is -0.504 e. The van der Waals surface area contributed by atoms with Crippen molar-refractivity contribution in [1.82, 2.24) is 4.90 Å². The molecule has 1 unspecified atom stereocenters. The number of methoxy groups -OCH3 is 1. The van der Waals surface area contributed by atoms with Crippen molar-refractivity contribution in [1.29, 1.82) is 0 Å². The molecule has 2 fully saturated rings. The number of carbonyl (C=O) groups is 1. The number of benzene rings is 1. The average Bonchev–Trinajstić information content (AvgIpc) is 3.50. The van der Waals surface area contributed by atoms with E-state index in [1.165, 1.54) is 11.1 Å². The summed E-state index contributed by atoms with van der Waals surface area (Å²) in [5.74, 6) is 0.588. The van der Waals surface area contributed by atoms with Crippen LogP contribution >= 0.6 is 15.9 Å². The Hall–Kier alpha value is -1.57. The number of phenolic OH excluding ortho intramolecular Hbond substituents is 1. The predicted molar refractivity (Wildman–Crippen MR) is 114 cm³/mol. The molecule has 6 nitrogen and oxygen atoms in total. The summed E-state index contributed by atoms with van der Waals surface area (Å²) in [5, 5.41) is 10.3. The van der Waals surface area contributed by atoms with Crippen LogP contribution in [0.4, 0.5) is 0 Å². The number of rotatable bonds is 4. The van der Waals surface area contributed by atoms with Crippen LogP contribution in [0.2, 0.25) is 0 Å². The third-order valence-electron chi connectivity index (χ3n) is 6.93. The topological polar surface area (TPSA) is 68.2 Å². The van der Waals surface area contributed by atoms with Gasteiger partial charge < -0.3 is 24.2 Å². The number of amides is 1. The monoisotopic (exact) mass is 477 g/mol. The maximum Gasteiger partial charge on any atom is 0.226 e. The molecular weight excluding hydrogens is 450 g/mol. The van der Waals surface area contributed by atoms with Gasteiger partial charge in [-0.05, 0) is 55.4 Å². The Morgan fingerprint density at radius 1 is 1.30 bits per heavy atom. The summed E-state index contributed by atoms with van der Waals surface area (Å²) in [6.07, 6.45) is 6.10. The molecule has 30 heavy (non-hydrogen) atoms. The van der Waals surface area contributed by atoms with Gasteiger partial charge in [-0.3, -0.25) is 4.79 Å². The fraction of sp³-hybridized carbons (Fsp3) is 0.609. The van der Waals surface area contributed by atoms with Gasteiger partial charge in [-0.2, -0.15) is 0 Å². The van der Waals surface area contributed by atoms with E-state index in [0.29, 0.717) is 25.4 Å². The number of halogens is 1. The zero-order valence-electron chi connectivity index (χ0n) is 17.3. The summed E-state index contributed by atoms with van der Waals surface area (Å²) < 4.78 is 18.1. The molecule has 4 aliphatic rings. The first-order valence-corrected chi connectivity index (χ1v) is 11.6. The van der Waals surface area contributed by atoms with Crippen LogP contribution in [-0.4, -0.2) is 54.6 Å². The lowest BCUT2D eigenvalue weighted by atomic mass is 9.78. The zero-order valence-corrected chi connectivity index (χ0v) is 18.9. The molecule has 1 amide bonds. The van der Waals surface area contributed by atoms with E-state index in [0.717, 1.165) is 55.1 Å². The van der Waals surface area contributed by atoms with Crippen LogP contribution in [0.1, 0.15) is 44.1 Å². The van der Waals surface area contributed by atoms with E-state index < -0.39 is 5.79 Å². The van der Waals surface area contributed by atoms with Crippen molar-refractivity contribution in [2.75, 3.05) is 26.9 Å². The molecule has 2 aliphatic heterocycles. The van der Waals surface area contributed by atoms with E-state index in [4.69, 9.17) is 14.2 Å². The average molecular weight is 478 g/mol. The molecule has 0 radical (unpaired) electrons. The van der Waals surface area contributed by atoms with Crippen LogP contribution in [0.25, 0.3) is 0 Å². The second-order valence-electron chi connectivity index (χ2n) is 8.80. The maximum absolute atomic E-state index is 13.1. The number of ether oxygens (including phenoxy) is 3. The predicted octanol–water partition coefficient (Wildman–Crippen LogP) is 3.94. The first kappa shape index (κ1) is 20.3. The van der Waals surface area contributed by atoms with Gasteiger partial charge in [0.05, 0.1) is 26.4 Å². The number of hydrogen-bond donors (Lipinski definition) is 1. The highest BCUT2D eigenvalue weighted by Crippen LogP contribution is 2.46. The third-order valence-corrected chi connectivity index (χ3v) is 7.67. The van der Waals surface area contributed by atoms with E-state index >= 15 is 0 Å². The lowest BCUT2D eigenvalue weighted by Crippen LogP contribution is -2.49. The smallest absolute Gasteiger partial charge is 0.226 e. The van der Waals surface area contributed by atoms with Gasteiger partial charge in [-0.15, -0.1) is 0 Å². The molecule has 1 spiro atoms. The summed E-state index contributed by atoms with van der Waals surface area (Å²) in [7, 11) is 1.54. The Morgan fingerprint density at radius 3 is 2.77 bits per heavy atom. The fourth-order valence-corrected chi connectivity index (χ4v) is 5.68. The molecule has 1 N–H and O–H groups in total. The Bertz CT molecular complexity index is 888. The minimum atomic E-state index is -0.453. The van der Waals surface area contributed by atoms with E-state index in [9.17, 15) is 9.90 Å². The van der Waals surface area contributed by atoms with Gasteiger partial charge in [0.1, 0.15) is 0 Å². The van der Waals surface area contributed by atoms with E-state index in [1.807, 2.05) is 0 Å². The van der Waals surface area contributed by atoms with Gasteiger partial charge in [0.2, 0.25) is 5.91 Å². The van der Waals surface area contributed by atoms with Gasteiger partial charge >= 0.3 is 0 Å². The highest BCUT2D eigenvalue weighted by molar-refractivity contribution is 9.10. The fourth-order valence-electron chi connectivity index (χ4n) is 5.20. The molecule has 1 saturated carbocycles. The van der Waals surface area contributed by atoms with E-state index in [1.54, 1.807) is 19.2 Å². The second kappa shape index (κ2) is 7.84. The molecule has 0 aromatic heterocycles. The molecule has 1 aromatic carbocycles. The molecule has 7 heteroatoms. The standard InChI is InChI=1S/C23H28BrNO5/c1-28-21-12-18(24)16(11-20(21)26)10-19-17-4-6-23(29-8-9-30-23)13-15(17)5-7-25(19)22(27)14-2-3-14/h11-12,14,19,26H,2-10,13H2,1H3. The van der Waals surface area contributed by atoms with Crippen molar-refractivity contribution >= 4 is 21.8 Å². The lowest BCUT2D eigenvalue weighted by molar-refractivity contribution is -0.165. The van der Waals surface area contributed by atoms with Crippen LogP contribution in [0.15, 0.2) is 27.8 Å². The van der Waals surface area contributed by atoms with Crippen LogP contribution < -0.4 is 4.74 Å². The van der Waals surface area contributed by atoms with Crippen molar-refractivity contribution in [3.8, 4) is 11.5 Å². The Kier molecular flexibility index (Phi) is 5.32. The summed E-state index contributed by atoms with van der Waals surface area (Å²) in [6, 6.07) is 3.57. The molecule has 5 rings (SSSR count). The van der Waals surface area contributed by atoms with Crippen LogP contribution in [0.5, 0.6) is 11.5 Å². The summed E-state index contributed by atoms with van der Waals surface area (Å²) >= 11 is 3.63. The number of phenols is 1. The molecule has 2 aliphatic carbocycles. The van der Waals surface area contributed by atoms with Crippen molar-refractivity contribution in [2.24, 2.45) is 5.92 Å². The Labute approximate surface area is 185 Å². The minimum absolute atomic E-state index is 0.0182. The highest BCUT2D eigenvalue weighted by atomic mass is 79.9. The second-order valence-corrected chi connectivity index (χ2v) is 9.66. The highest BCUT2D eigenvalue weighted by Gasteiger charge is 2.46. The molecule has 1 saturated heterocycles. The van der Waals surface area contributed by atoms with Gasteiger partial charge in [0.25, 0.3) is 0 Å². The van der Waals surface area contributed by atoms with Gasteiger partial charge in [-0.1, -0.05) is 21.5 Å². The van der Waals surface area contributed by atoms with Gasteiger partial charge in [0.15, 0.2) is 17.3 Å². The van der Waals surface area contributed by atoms with Crippen LogP contribution in [0, 0.1) is 5.92 Å². The number of carbonyl (C=O) groups excluding carboxylic acids is 1. The maximum atomic E-state index is 13.1. The zero-order chi connectivity index (χ0) is 20.9. The van der Waals surface area contributed by atoms with Crippen LogP contribution in [-0.2, 0) is 20.7 Å². The normalized spacial score (nSPS) is 25.5. The molecule has 1 atom stereocenters. The quantitative estimate of drug-likeness (QED) is 0.665. The number of nitrogens with zero attached hydrogens (tertiary/aromatic N) is 1. The largest absolute Gasteiger partial charge is 0.504 e. The third kappa shape index (κ3) is 3.65. The van der Waals surface area contributed by atoms with Crippen molar-refractivity contribution in [3.63, 3.8) is 0 Å². The van der Waals surface area contributed by atoms with Crippen LogP contribution in [0.3, 0.4) is 0 Å². The first-order chi connectivity index (χ1) is 14.5. The van der Waals surface area contributed by atoms with E-state index in [2.05, 4.69) is 20.8 Å². The molecule has 2 heterocycles. The molecule has 0 bridgehead atoms. The Morgan fingerprint density at radius 2 is 2.07 bits per heavy atom. The summed E-state index contributed by atoms with van der Waals surface area (Å²) in [6.45, 7) is 2.07. The Balaban J connectivity index is 1.48. The number of hydrogen-bond acceptors (Lipinski definition) is 5. The van der Waals surface area contributed by atoms with Crippen molar-refractivity contribution < 1.29 is 24.1 Å². The molecule has 162 valence electrons. The first-order valence-electron chi connectivity index (χ1n) is 10.8. The number of aromatic hydroxyl groups is 1. The lowest BCUT2D eigenvalue weighted by Gasteiger charge is -2.44. The summed E-state index contributed by atoms with van der Waals surface area (Å²) in [4.78, 5) is 15.2. The van der Waals surface area contributed by atoms with Gasteiger partial charge in [0, 0.05) is 29.8 Å². The molecule has 1 aromatic rings. The van der Waals surface area contributed by atoms with Gasteiger partial charge in [-0.25, -0.2) is 0 Å². The summed E-state index contributed by atoms with van der Waals surface area (Å²) in [5.41, 5.74) is 3.73. The van der Waals surface area contributed by atoms with Crippen molar-refractivity contribution in [3.05, 3.63) is 33.3 Å². The molecular formula is C23H28BrNO5. The van der Waals surface area contributed by atoms with Crippen molar-refractivity contribution in [2.45, 2.75) is 56.8 Å². The van der Waals surface area contributed by atoms with E-state index in [-0.39, 0.29) is 23.6 Å². The SMILES string of the molecule is COc1cc(Br)c(CC2C3=C(CCN2C(=O)C2CC2)CC2(CC3)OCCO2)cc1O.